The van der Waals surface area contributed by atoms with Gasteiger partial charge in [-0.05, 0) is 36.4 Å². The molecule has 2 rings (SSSR count). The number of halogens is 2. The Hall–Kier alpha value is -1.02. The van der Waals surface area contributed by atoms with E-state index >= 15 is 0 Å². The zero-order valence-electron chi connectivity index (χ0n) is 9.50. The Morgan fingerprint density at radius 1 is 1.06 bits per heavy atom. The monoisotopic (exact) mass is 265 g/mol. The first-order chi connectivity index (χ1) is 8.20. The molecule has 0 amide bonds. The van der Waals surface area contributed by atoms with Gasteiger partial charge in [0.15, 0.2) is 0 Å². The fourth-order valence-corrected chi connectivity index (χ4v) is 2.29. The molecule has 2 aromatic rings. The molecular weight excluding hydrogens is 253 g/mol. The zero-order chi connectivity index (χ0) is 12.3. The predicted molar refractivity (Wildman–Crippen MR) is 74.7 cm³/mol. The predicted octanol–water partition coefficient (Wildman–Crippen LogP) is 4.38. The van der Waals surface area contributed by atoms with E-state index in [1.54, 1.807) is 6.07 Å². The molecule has 0 bridgehead atoms. The fourth-order valence-electron chi connectivity index (χ4n) is 1.78. The van der Waals surface area contributed by atoms with Gasteiger partial charge < -0.3 is 5.32 Å². The summed E-state index contributed by atoms with van der Waals surface area (Å²) < 4.78 is 0. The second kappa shape index (κ2) is 5.54. The summed E-state index contributed by atoms with van der Waals surface area (Å²) in [5.74, 6) is 0. The number of rotatable bonds is 3. The van der Waals surface area contributed by atoms with Crippen LogP contribution in [-0.2, 0) is 6.54 Å². The van der Waals surface area contributed by atoms with Crippen LogP contribution in [-0.4, -0.2) is 7.05 Å². The maximum atomic E-state index is 6.19. The molecule has 1 N–H and O–H groups in total. The largest absolute Gasteiger partial charge is 0.316 e. The van der Waals surface area contributed by atoms with Crippen molar-refractivity contribution in [2.75, 3.05) is 7.05 Å². The molecule has 2 aromatic carbocycles. The number of nitrogens with one attached hydrogen (secondary N) is 1. The molecule has 17 heavy (non-hydrogen) atoms. The van der Waals surface area contributed by atoms with Crippen LogP contribution in [0.25, 0.3) is 11.1 Å². The van der Waals surface area contributed by atoms with E-state index in [2.05, 4.69) is 17.4 Å². The number of benzene rings is 2. The second-order valence-corrected chi connectivity index (χ2v) is 4.70. The summed E-state index contributed by atoms with van der Waals surface area (Å²) in [6.45, 7) is 0.846. The van der Waals surface area contributed by atoms with E-state index in [0.717, 1.165) is 17.7 Å². The maximum Gasteiger partial charge on any atom is 0.0499 e. The Bertz CT molecular complexity index is 523. The standard InChI is InChI=1S/C14H13Cl2N/c1-17-9-10-3-2-4-11(7-10)13-6-5-12(15)8-14(13)16/h2-8,17H,9H2,1H3. The van der Waals surface area contributed by atoms with Gasteiger partial charge in [-0.1, -0.05) is 47.5 Å². The molecule has 0 spiro atoms. The lowest BCUT2D eigenvalue weighted by molar-refractivity contribution is 0.818. The highest BCUT2D eigenvalue weighted by atomic mass is 35.5. The highest BCUT2D eigenvalue weighted by Crippen LogP contribution is 2.30. The summed E-state index contributed by atoms with van der Waals surface area (Å²) in [6.07, 6.45) is 0. The van der Waals surface area contributed by atoms with Gasteiger partial charge in [0.2, 0.25) is 0 Å². The molecule has 0 aliphatic carbocycles. The van der Waals surface area contributed by atoms with Crippen molar-refractivity contribution in [3.05, 3.63) is 58.1 Å². The van der Waals surface area contributed by atoms with Crippen LogP contribution in [0.1, 0.15) is 5.56 Å². The summed E-state index contributed by atoms with van der Waals surface area (Å²) in [5, 5.41) is 4.47. The maximum absolute atomic E-state index is 6.19. The van der Waals surface area contributed by atoms with Crippen LogP contribution in [0, 0.1) is 0 Å². The number of hydrogen-bond donors (Lipinski definition) is 1. The van der Waals surface area contributed by atoms with E-state index in [1.165, 1.54) is 5.56 Å². The van der Waals surface area contributed by atoms with Crippen LogP contribution >= 0.6 is 23.2 Å². The highest BCUT2D eigenvalue weighted by Gasteiger charge is 2.04. The van der Waals surface area contributed by atoms with Gasteiger partial charge in [0.1, 0.15) is 0 Å². The van der Waals surface area contributed by atoms with Gasteiger partial charge in [-0.15, -0.1) is 0 Å². The smallest absolute Gasteiger partial charge is 0.0499 e. The topological polar surface area (TPSA) is 12.0 Å². The Labute approximate surface area is 111 Å². The van der Waals surface area contributed by atoms with E-state index in [1.807, 2.05) is 31.3 Å². The highest BCUT2D eigenvalue weighted by molar-refractivity contribution is 6.36. The Morgan fingerprint density at radius 2 is 1.88 bits per heavy atom. The van der Waals surface area contributed by atoms with Crippen molar-refractivity contribution < 1.29 is 0 Å². The van der Waals surface area contributed by atoms with E-state index in [9.17, 15) is 0 Å². The van der Waals surface area contributed by atoms with Crippen LogP contribution in [0.4, 0.5) is 0 Å². The molecule has 0 unspecified atom stereocenters. The zero-order valence-corrected chi connectivity index (χ0v) is 11.0. The van der Waals surface area contributed by atoms with Crippen molar-refractivity contribution in [2.45, 2.75) is 6.54 Å². The lowest BCUT2D eigenvalue weighted by Crippen LogP contribution is -2.04. The average Bonchev–Trinajstić information content (AvgIpc) is 2.29. The van der Waals surface area contributed by atoms with Crippen LogP contribution in [0.2, 0.25) is 10.0 Å². The Balaban J connectivity index is 2.42. The molecule has 3 heteroatoms. The van der Waals surface area contributed by atoms with Gasteiger partial charge in [0.05, 0.1) is 0 Å². The molecule has 0 heterocycles. The minimum absolute atomic E-state index is 0.658. The first kappa shape index (κ1) is 12.4. The number of hydrogen-bond acceptors (Lipinski definition) is 1. The molecule has 0 aliphatic heterocycles. The van der Waals surface area contributed by atoms with E-state index in [4.69, 9.17) is 23.2 Å². The summed E-state index contributed by atoms with van der Waals surface area (Å²) in [5.41, 5.74) is 3.35. The Kier molecular flexibility index (Phi) is 4.06. The third-order valence-corrected chi connectivity index (χ3v) is 3.10. The summed E-state index contributed by atoms with van der Waals surface area (Å²) >= 11 is 12.1. The van der Waals surface area contributed by atoms with Crippen molar-refractivity contribution in [1.29, 1.82) is 0 Å². The summed E-state index contributed by atoms with van der Waals surface area (Å²) in [7, 11) is 1.93. The van der Waals surface area contributed by atoms with Crippen LogP contribution in [0.3, 0.4) is 0 Å². The lowest BCUT2D eigenvalue weighted by Gasteiger charge is -2.07. The average molecular weight is 266 g/mol. The van der Waals surface area contributed by atoms with Crippen LogP contribution in [0.5, 0.6) is 0 Å². The first-order valence-corrected chi connectivity index (χ1v) is 6.15. The SMILES string of the molecule is CNCc1cccc(-c2ccc(Cl)cc2Cl)c1. The molecule has 0 atom stereocenters. The van der Waals surface area contributed by atoms with Gasteiger partial charge in [-0.25, -0.2) is 0 Å². The quantitative estimate of drug-likeness (QED) is 0.869. The molecule has 0 aliphatic rings. The van der Waals surface area contributed by atoms with Crippen molar-refractivity contribution in [3.8, 4) is 11.1 Å². The van der Waals surface area contributed by atoms with Crippen molar-refractivity contribution in [3.63, 3.8) is 0 Å². The van der Waals surface area contributed by atoms with Gasteiger partial charge in [-0.2, -0.15) is 0 Å². The molecule has 0 saturated carbocycles. The molecule has 0 radical (unpaired) electrons. The van der Waals surface area contributed by atoms with Gasteiger partial charge in [-0.3, -0.25) is 0 Å². The van der Waals surface area contributed by atoms with Crippen molar-refractivity contribution in [1.82, 2.24) is 5.32 Å². The van der Waals surface area contributed by atoms with Gasteiger partial charge in [0, 0.05) is 22.2 Å². The van der Waals surface area contributed by atoms with E-state index < -0.39 is 0 Å². The molecule has 0 saturated heterocycles. The second-order valence-electron chi connectivity index (χ2n) is 3.85. The third-order valence-electron chi connectivity index (χ3n) is 2.55. The molecular formula is C14H13Cl2N. The minimum Gasteiger partial charge on any atom is -0.316 e. The Morgan fingerprint density at radius 3 is 2.59 bits per heavy atom. The summed E-state index contributed by atoms with van der Waals surface area (Å²) in [6, 6.07) is 13.9. The van der Waals surface area contributed by atoms with E-state index in [-0.39, 0.29) is 0 Å². The normalized spacial score (nSPS) is 10.5. The van der Waals surface area contributed by atoms with Crippen molar-refractivity contribution in [2.24, 2.45) is 0 Å². The lowest BCUT2D eigenvalue weighted by atomic mass is 10.0. The van der Waals surface area contributed by atoms with E-state index in [0.29, 0.717) is 10.0 Å². The minimum atomic E-state index is 0.658. The molecule has 0 fully saturated rings. The summed E-state index contributed by atoms with van der Waals surface area (Å²) in [4.78, 5) is 0. The molecule has 0 aromatic heterocycles. The first-order valence-electron chi connectivity index (χ1n) is 5.39. The fraction of sp³-hybridized carbons (Fsp3) is 0.143. The molecule has 1 nitrogen and oxygen atoms in total. The third kappa shape index (κ3) is 3.01. The van der Waals surface area contributed by atoms with Crippen molar-refractivity contribution >= 4 is 23.2 Å². The van der Waals surface area contributed by atoms with Crippen LogP contribution in [0.15, 0.2) is 42.5 Å². The van der Waals surface area contributed by atoms with Gasteiger partial charge in [0.25, 0.3) is 0 Å². The molecule has 88 valence electrons. The van der Waals surface area contributed by atoms with Crippen LogP contribution < -0.4 is 5.32 Å². The van der Waals surface area contributed by atoms with Gasteiger partial charge >= 0.3 is 0 Å².